The number of nitro groups is 1. The van der Waals surface area contributed by atoms with Gasteiger partial charge in [-0.2, -0.15) is 5.26 Å². The number of nitriles is 1. The third-order valence-electron chi connectivity index (χ3n) is 5.72. The highest BCUT2D eigenvalue weighted by Crippen LogP contribution is 2.40. The number of fused-ring (bicyclic) bond motifs is 1. The van der Waals surface area contributed by atoms with Crippen LogP contribution in [0.1, 0.15) is 34.7 Å². The lowest BCUT2D eigenvalue weighted by atomic mass is 9.97. The number of nitrogens with one attached hydrogen (secondary N) is 2. The molecule has 0 spiro atoms. The van der Waals surface area contributed by atoms with E-state index in [1.165, 1.54) is 30.3 Å². The molecule has 180 valence electrons. The molecule has 11 heteroatoms. The molecule has 0 saturated heterocycles. The van der Waals surface area contributed by atoms with Gasteiger partial charge in [0.1, 0.15) is 30.1 Å². The second-order valence-electron chi connectivity index (χ2n) is 7.92. The maximum Gasteiger partial charge on any atom is 0.273 e. The molecule has 1 aromatic heterocycles. The highest BCUT2D eigenvalue weighted by atomic mass is 35.5. The van der Waals surface area contributed by atoms with Crippen LogP contribution in [-0.2, 0) is 6.42 Å². The van der Waals surface area contributed by atoms with E-state index in [4.69, 9.17) is 21.6 Å². The summed E-state index contributed by atoms with van der Waals surface area (Å²) in [5.41, 5.74) is 2.99. The maximum absolute atomic E-state index is 13.3. The highest BCUT2D eigenvalue weighted by Gasteiger charge is 2.29. The molecule has 9 nitrogen and oxygen atoms in total. The Kier molecular flexibility index (Phi) is 7.70. The summed E-state index contributed by atoms with van der Waals surface area (Å²) in [7, 11) is 0. The lowest BCUT2D eigenvalue weighted by Gasteiger charge is -2.14. The molecule has 1 aliphatic rings. The van der Waals surface area contributed by atoms with Crippen molar-refractivity contribution >= 4 is 23.1 Å². The van der Waals surface area contributed by atoms with Crippen LogP contribution in [0.5, 0.6) is 5.75 Å². The number of benzene rings is 2. The largest absolute Gasteiger partial charge is 0.491 e. The molecular weight excluding hydrogens is 475 g/mol. The Hall–Kier alpha value is -3.81. The fourth-order valence-corrected chi connectivity index (χ4v) is 4.24. The molecule has 1 heterocycles. The number of rotatable bonds is 10. The summed E-state index contributed by atoms with van der Waals surface area (Å²) in [5.74, 6) is 0.652. The van der Waals surface area contributed by atoms with Crippen molar-refractivity contribution in [3.05, 3.63) is 86.1 Å². The second kappa shape index (κ2) is 11.1. The fourth-order valence-electron chi connectivity index (χ4n) is 4.06. The van der Waals surface area contributed by atoms with Crippen LogP contribution in [0.15, 0.2) is 42.5 Å². The molecule has 1 aliphatic carbocycles. The van der Waals surface area contributed by atoms with Crippen LogP contribution in [0.3, 0.4) is 0 Å². The van der Waals surface area contributed by atoms with Crippen LogP contribution in [0, 0.1) is 27.3 Å². The normalized spacial score (nSPS) is 14.3. The molecule has 4 rings (SSSR count). The van der Waals surface area contributed by atoms with Crippen LogP contribution in [0.25, 0.3) is 0 Å². The molecular formula is C24H22ClFN6O3. The first-order chi connectivity index (χ1) is 17.0. The van der Waals surface area contributed by atoms with Gasteiger partial charge in [0.2, 0.25) is 5.28 Å². The van der Waals surface area contributed by atoms with Crippen molar-refractivity contribution in [2.24, 2.45) is 0 Å². The number of nitrogens with zero attached hydrogens (tertiary/aromatic N) is 4. The number of hydrogen-bond acceptors (Lipinski definition) is 8. The van der Waals surface area contributed by atoms with Crippen molar-refractivity contribution in [2.45, 2.75) is 18.8 Å². The molecule has 0 saturated carbocycles. The molecule has 2 N–H and O–H groups in total. The van der Waals surface area contributed by atoms with Gasteiger partial charge < -0.3 is 15.4 Å². The van der Waals surface area contributed by atoms with Gasteiger partial charge in [-0.05, 0) is 48.2 Å². The van der Waals surface area contributed by atoms with Gasteiger partial charge in [-0.15, -0.1) is 0 Å². The van der Waals surface area contributed by atoms with E-state index in [1.54, 1.807) is 12.1 Å². The molecule has 0 bridgehead atoms. The predicted molar refractivity (Wildman–Crippen MR) is 128 cm³/mol. The Labute approximate surface area is 206 Å². The smallest absolute Gasteiger partial charge is 0.273 e. The van der Waals surface area contributed by atoms with E-state index in [1.807, 2.05) is 6.07 Å². The summed E-state index contributed by atoms with van der Waals surface area (Å²) in [6.45, 7) is 1.89. The standard InChI is InChI=1S/C24H22ClFN6O3/c25-24-30-22-19(15-1-4-17(26)5-2-15)7-8-20(22)23(31-24)29-10-9-28-11-12-35-21-13-18(32(33)34)6-3-16(21)14-27/h1-6,13,19,28H,7-12H2,(H,29,30,31). The van der Waals surface area contributed by atoms with Crippen molar-refractivity contribution in [3.63, 3.8) is 0 Å². The third kappa shape index (κ3) is 5.82. The van der Waals surface area contributed by atoms with Gasteiger partial charge in [-0.3, -0.25) is 10.1 Å². The molecule has 0 aliphatic heterocycles. The molecule has 35 heavy (non-hydrogen) atoms. The Morgan fingerprint density at radius 2 is 2.00 bits per heavy atom. The predicted octanol–water partition coefficient (Wildman–Crippen LogP) is 4.21. The zero-order chi connectivity index (χ0) is 24.8. The topological polar surface area (TPSA) is 126 Å². The molecule has 0 radical (unpaired) electrons. The van der Waals surface area contributed by atoms with E-state index in [0.29, 0.717) is 25.5 Å². The minimum absolute atomic E-state index is 0.0500. The van der Waals surface area contributed by atoms with Crippen molar-refractivity contribution < 1.29 is 14.1 Å². The Balaban J connectivity index is 1.28. The van der Waals surface area contributed by atoms with Crippen LogP contribution in [0.2, 0.25) is 5.28 Å². The summed E-state index contributed by atoms with van der Waals surface area (Å²) in [6.07, 6.45) is 1.64. The molecule has 2 aromatic carbocycles. The van der Waals surface area contributed by atoms with E-state index in [2.05, 4.69) is 20.6 Å². The molecule has 0 fully saturated rings. The monoisotopic (exact) mass is 496 g/mol. The number of aromatic nitrogens is 2. The molecule has 0 amide bonds. The van der Waals surface area contributed by atoms with Crippen LogP contribution in [-0.4, -0.2) is 41.1 Å². The van der Waals surface area contributed by atoms with Crippen molar-refractivity contribution in [1.29, 1.82) is 5.26 Å². The van der Waals surface area contributed by atoms with Gasteiger partial charge in [-0.25, -0.2) is 14.4 Å². The first-order valence-electron chi connectivity index (χ1n) is 11.0. The lowest BCUT2D eigenvalue weighted by molar-refractivity contribution is -0.384. The van der Waals surface area contributed by atoms with Gasteiger partial charge in [0.25, 0.3) is 5.69 Å². The molecule has 1 unspecified atom stereocenters. The lowest BCUT2D eigenvalue weighted by Crippen LogP contribution is -2.27. The Morgan fingerprint density at radius 1 is 1.20 bits per heavy atom. The zero-order valence-electron chi connectivity index (χ0n) is 18.6. The number of non-ortho nitro benzene ring substituents is 1. The average molecular weight is 497 g/mol. The van der Waals surface area contributed by atoms with Crippen molar-refractivity contribution in [1.82, 2.24) is 15.3 Å². The Morgan fingerprint density at radius 3 is 2.74 bits per heavy atom. The summed E-state index contributed by atoms with van der Waals surface area (Å²) in [4.78, 5) is 19.2. The number of anilines is 1. The zero-order valence-corrected chi connectivity index (χ0v) is 19.4. The quantitative estimate of drug-likeness (QED) is 0.185. The fraction of sp³-hybridized carbons (Fsp3) is 0.292. The summed E-state index contributed by atoms with van der Waals surface area (Å²) < 4.78 is 18.9. The number of hydrogen-bond donors (Lipinski definition) is 2. The number of ether oxygens (including phenoxy) is 1. The average Bonchev–Trinajstić information content (AvgIpc) is 3.27. The summed E-state index contributed by atoms with van der Waals surface area (Å²) in [6, 6.07) is 12.3. The van der Waals surface area contributed by atoms with E-state index < -0.39 is 4.92 Å². The summed E-state index contributed by atoms with van der Waals surface area (Å²) in [5, 5.41) is 26.7. The van der Waals surface area contributed by atoms with Crippen LogP contribution in [0.4, 0.5) is 15.9 Å². The number of halogens is 2. The number of nitro benzene ring substituents is 1. The van der Waals surface area contributed by atoms with Gasteiger partial charge in [-0.1, -0.05) is 12.1 Å². The second-order valence-corrected chi connectivity index (χ2v) is 8.26. The van der Waals surface area contributed by atoms with E-state index >= 15 is 0 Å². The van der Waals surface area contributed by atoms with E-state index in [0.717, 1.165) is 29.7 Å². The maximum atomic E-state index is 13.3. The molecule has 3 aromatic rings. The van der Waals surface area contributed by atoms with Crippen LogP contribution < -0.4 is 15.4 Å². The van der Waals surface area contributed by atoms with Crippen molar-refractivity contribution in [2.75, 3.05) is 31.6 Å². The first-order valence-corrected chi connectivity index (χ1v) is 11.4. The highest BCUT2D eigenvalue weighted by molar-refractivity contribution is 6.28. The first kappa shape index (κ1) is 24.3. The third-order valence-corrected chi connectivity index (χ3v) is 5.89. The Bertz CT molecular complexity index is 1270. The van der Waals surface area contributed by atoms with Gasteiger partial charge >= 0.3 is 0 Å². The van der Waals surface area contributed by atoms with E-state index in [9.17, 15) is 14.5 Å². The minimum atomic E-state index is -0.532. The van der Waals surface area contributed by atoms with Gasteiger partial charge in [0.05, 0.1) is 22.2 Å². The SMILES string of the molecule is N#Cc1ccc([N+](=O)[O-])cc1OCCNCCNc1nc(Cl)nc2c1CCC2c1ccc(F)cc1. The van der Waals surface area contributed by atoms with Crippen molar-refractivity contribution in [3.8, 4) is 11.8 Å². The molecule has 1 atom stereocenters. The minimum Gasteiger partial charge on any atom is -0.491 e. The van der Waals surface area contributed by atoms with E-state index in [-0.39, 0.29) is 40.6 Å². The van der Waals surface area contributed by atoms with Gasteiger partial charge in [0.15, 0.2) is 0 Å². The summed E-state index contributed by atoms with van der Waals surface area (Å²) >= 11 is 6.18. The van der Waals surface area contributed by atoms with Gasteiger partial charge in [0, 0.05) is 37.2 Å². The van der Waals surface area contributed by atoms with Crippen LogP contribution >= 0.6 is 11.6 Å².